The third-order valence-corrected chi connectivity index (χ3v) is 2.28. The van der Waals surface area contributed by atoms with Gasteiger partial charge in [-0.25, -0.2) is 4.98 Å². The molecule has 0 amide bonds. The van der Waals surface area contributed by atoms with Crippen LogP contribution in [0.4, 0.5) is 0 Å². The van der Waals surface area contributed by atoms with Crippen molar-refractivity contribution in [3.05, 3.63) is 23.5 Å². The number of hydrogen-bond donors (Lipinski definition) is 0. The molecule has 2 rings (SSSR count). The quantitative estimate of drug-likeness (QED) is 0.600. The number of hydrogen-bond acceptors (Lipinski definition) is 3. The van der Waals surface area contributed by atoms with Crippen LogP contribution in [0.5, 0.6) is 5.75 Å². The first-order valence-electron chi connectivity index (χ1n) is 4.17. The second-order valence-corrected chi connectivity index (χ2v) is 3.82. The second-order valence-electron chi connectivity index (χ2n) is 3.82. The van der Waals surface area contributed by atoms with Crippen molar-refractivity contribution in [2.45, 2.75) is 19.3 Å². The van der Waals surface area contributed by atoms with E-state index >= 15 is 0 Å². The Morgan fingerprint density at radius 2 is 2.38 bits per heavy atom. The Morgan fingerprint density at radius 1 is 1.62 bits per heavy atom. The van der Waals surface area contributed by atoms with Gasteiger partial charge in [0.25, 0.3) is 0 Å². The SMILES string of the molecule is CC1(C)COc2ccnc(C#N)c21. The molecule has 0 saturated carbocycles. The van der Waals surface area contributed by atoms with Gasteiger partial charge in [-0.05, 0) is 6.07 Å². The standard InChI is InChI=1S/C10H10N2O/c1-10(2)6-13-8-3-4-12-7(5-11)9(8)10/h3-4H,6H2,1-2H3. The topological polar surface area (TPSA) is 45.9 Å². The molecule has 2 heterocycles. The summed E-state index contributed by atoms with van der Waals surface area (Å²) in [5.74, 6) is 0.802. The summed E-state index contributed by atoms with van der Waals surface area (Å²) in [7, 11) is 0. The molecule has 0 aliphatic carbocycles. The van der Waals surface area contributed by atoms with Gasteiger partial charge in [0.05, 0.1) is 6.61 Å². The van der Waals surface area contributed by atoms with Gasteiger partial charge in [-0.1, -0.05) is 13.8 Å². The van der Waals surface area contributed by atoms with Crippen molar-refractivity contribution in [3.8, 4) is 11.8 Å². The Morgan fingerprint density at radius 3 is 3.08 bits per heavy atom. The van der Waals surface area contributed by atoms with Gasteiger partial charge in [-0.15, -0.1) is 0 Å². The van der Waals surface area contributed by atoms with Gasteiger partial charge in [0, 0.05) is 17.2 Å². The number of nitriles is 1. The van der Waals surface area contributed by atoms with Crippen LogP contribution in [0, 0.1) is 11.3 Å². The summed E-state index contributed by atoms with van der Waals surface area (Å²) < 4.78 is 5.47. The number of ether oxygens (including phenoxy) is 1. The maximum Gasteiger partial charge on any atom is 0.147 e. The zero-order valence-electron chi connectivity index (χ0n) is 7.66. The van der Waals surface area contributed by atoms with E-state index in [0.29, 0.717) is 12.3 Å². The molecule has 0 bridgehead atoms. The molecule has 1 aromatic rings. The van der Waals surface area contributed by atoms with E-state index in [1.54, 1.807) is 6.20 Å². The Labute approximate surface area is 77.0 Å². The molecular weight excluding hydrogens is 164 g/mol. The summed E-state index contributed by atoms with van der Waals surface area (Å²) in [5.41, 5.74) is 1.34. The predicted molar refractivity (Wildman–Crippen MR) is 47.5 cm³/mol. The zero-order chi connectivity index (χ0) is 9.47. The van der Waals surface area contributed by atoms with Crippen LogP contribution in [-0.4, -0.2) is 11.6 Å². The van der Waals surface area contributed by atoms with Gasteiger partial charge < -0.3 is 4.74 Å². The Kier molecular flexibility index (Phi) is 1.53. The fourth-order valence-electron chi connectivity index (χ4n) is 1.63. The van der Waals surface area contributed by atoms with Gasteiger partial charge in [0.1, 0.15) is 17.5 Å². The average molecular weight is 174 g/mol. The van der Waals surface area contributed by atoms with Crippen LogP contribution in [0.25, 0.3) is 0 Å². The minimum absolute atomic E-state index is 0.0886. The molecule has 1 aliphatic heterocycles. The first-order chi connectivity index (χ1) is 6.15. The summed E-state index contributed by atoms with van der Waals surface area (Å²) in [4.78, 5) is 4.02. The van der Waals surface area contributed by atoms with E-state index < -0.39 is 0 Å². The molecule has 0 radical (unpaired) electrons. The van der Waals surface area contributed by atoms with Crippen LogP contribution in [0.2, 0.25) is 0 Å². The predicted octanol–water partition coefficient (Wildman–Crippen LogP) is 1.62. The maximum absolute atomic E-state index is 8.87. The smallest absolute Gasteiger partial charge is 0.147 e. The van der Waals surface area contributed by atoms with Crippen molar-refractivity contribution in [2.75, 3.05) is 6.61 Å². The normalized spacial score (nSPS) is 17.3. The Balaban J connectivity index is 2.68. The molecule has 0 atom stereocenters. The maximum atomic E-state index is 8.87. The van der Waals surface area contributed by atoms with Crippen molar-refractivity contribution in [1.82, 2.24) is 4.98 Å². The van der Waals surface area contributed by atoms with Crippen molar-refractivity contribution in [2.24, 2.45) is 0 Å². The summed E-state index contributed by atoms with van der Waals surface area (Å²) >= 11 is 0. The highest BCUT2D eigenvalue weighted by atomic mass is 16.5. The second kappa shape index (κ2) is 2.46. The molecule has 1 aromatic heterocycles. The molecule has 0 aromatic carbocycles. The summed E-state index contributed by atoms with van der Waals surface area (Å²) in [6, 6.07) is 3.90. The lowest BCUT2D eigenvalue weighted by molar-refractivity contribution is 0.291. The first-order valence-corrected chi connectivity index (χ1v) is 4.17. The van der Waals surface area contributed by atoms with E-state index in [4.69, 9.17) is 10.00 Å². The molecule has 0 saturated heterocycles. The van der Waals surface area contributed by atoms with Crippen molar-refractivity contribution >= 4 is 0 Å². The third kappa shape index (κ3) is 1.06. The number of rotatable bonds is 0. The highest BCUT2D eigenvalue weighted by Gasteiger charge is 2.34. The number of fused-ring (bicyclic) bond motifs is 1. The lowest BCUT2D eigenvalue weighted by atomic mass is 9.86. The molecule has 0 spiro atoms. The first kappa shape index (κ1) is 8.06. The van der Waals surface area contributed by atoms with Crippen molar-refractivity contribution in [3.63, 3.8) is 0 Å². The van der Waals surface area contributed by atoms with E-state index in [2.05, 4.69) is 24.9 Å². The molecule has 0 N–H and O–H groups in total. The van der Waals surface area contributed by atoms with Gasteiger partial charge >= 0.3 is 0 Å². The van der Waals surface area contributed by atoms with Crippen LogP contribution < -0.4 is 4.74 Å². The number of aromatic nitrogens is 1. The highest BCUT2D eigenvalue weighted by Crippen LogP contribution is 2.39. The van der Waals surface area contributed by atoms with Crippen LogP contribution in [0.1, 0.15) is 25.1 Å². The number of nitrogens with zero attached hydrogens (tertiary/aromatic N) is 2. The Bertz CT molecular complexity index is 390. The van der Waals surface area contributed by atoms with E-state index in [-0.39, 0.29) is 5.41 Å². The Hall–Kier alpha value is -1.56. The molecule has 3 heteroatoms. The molecule has 66 valence electrons. The largest absolute Gasteiger partial charge is 0.492 e. The van der Waals surface area contributed by atoms with Crippen LogP contribution in [-0.2, 0) is 5.41 Å². The lowest BCUT2D eigenvalue weighted by Crippen LogP contribution is -2.19. The highest BCUT2D eigenvalue weighted by molar-refractivity contribution is 5.49. The molecule has 3 nitrogen and oxygen atoms in total. The molecule has 13 heavy (non-hydrogen) atoms. The molecular formula is C10H10N2O. The lowest BCUT2D eigenvalue weighted by Gasteiger charge is -2.15. The summed E-state index contributed by atoms with van der Waals surface area (Å²) in [6.07, 6.45) is 1.61. The van der Waals surface area contributed by atoms with Crippen LogP contribution in [0.15, 0.2) is 12.3 Å². The van der Waals surface area contributed by atoms with Crippen LogP contribution in [0.3, 0.4) is 0 Å². The van der Waals surface area contributed by atoms with Gasteiger partial charge in [-0.3, -0.25) is 0 Å². The zero-order valence-corrected chi connectivity index (χ0v) is 7.66. The van der Waals surface area contributed by atoms with Crippen LogP contribution >= 0.6 is 0 Å². The monoisotopic (exact) mass is 174 g/mol. The van der Waals surface area contributed by atoms with Crippen molar-refractivity contribution < 1.29 is 4.74 Å². The van der Waals surface area contributed by atoms with Crippen molar-refractivity contribution in [1.29, 1.82) is 5.26 Å². The molecule has 1 aliphatic rings. The molecule has 0 fully saturated rings. The number of pyridine rings is 1. The van der Waals surface area contributed by atoms with E-state index in [9.17, 15) is 0 Å². The van der Waals surface area contributed by atoms with E-state index in [0.717, 1.165) is 11.3 Å². The van der Waals surface area contributed by atoms with Gasteiger partial charge in [0.15, 0.2) is 0 Å². The minimum atomic E-state index is -0.0886. The van der Waals surface area contributed by atoms with E-state index in [1.165, 1.54) is 0 Å². The minimum Gasteiger partial charge on any atom is -0.492 e. The summed E-state index contributed by atoms with van der Waals surface area (Å²) in [5, 5.41) is 8.87. The van der Waals surface area contributed by atoms with Gasteiger partial charge in [0.2, 0.25) is 0 Å². The summed E-state index contributed by atoms with van der Waals surface area (Å²) in [6.45, 7) is 4.74. The third-order valence-electron chi connectivity index (χ3n) is 2.28. The van der Waals surface area contributed by atoms with Gasteiger partial charge in [-0.2, -0.15) is 5.26 Å². The fraction of sp³-hybridized carbons (Fsp3) is 0.400. The fourth-order valence-corrected chi connectivity index (χ4v) is 1.63. The average Bonchev–Trinajstić information content (AvgIpc) is 2.43. The molecule has 0 unspecified atom stereocenters. The van der Waals surface area contributed by atoms with E-state index in [1.807, 2.05) is 6.07 Å².